The highest BCUT2D eigenvalue weighted by atomic mass is 16.1. The first kappa shape index (κ1) is 13.0. The van der Waals surface area contributed by atoms with Gasteiger partial charge < -0.3 is 15.2 Å². The van der Waals surface area contributed by atoms with Crippen LogP contribution in [0.4, 0.5) is 5.69 Å². The van der Waals surface area contributed by atoms with Gasteiger partial charge in [0.05, 0.1) is 17.4 Å². The zero-order chi connectivity index (χ0) is 13.7. The van der Waals surface area contributed by atoms with Gasteiger partial charge in [0.25, 0.3) is 5.91 Å². The Balaban J connectivity index is 1.93. The van der Waals surface area contributed by atoms with E-state index < -0.39 is 0 Å². The molecule has 2 heterocycles. The van der Waals surface area contributed by atoms with Crippen LogP contribution in [-0.2, 0) is 13.5 Å². The maximum Gasteiger partial charge on any atom is 0.253 e. The third-order valence-corrected chi connectivity index (χ3v) is 2.77. The first-order chi connectivity index (χ1) is 9.22. The number of carbonyl (C=O) groups excluding carboxylic acids is 1. The minimum absolute atomic E-state index is 0.131. The lowest BCUT2D eigenvalue weighted by molar-refractivity contribution is 0.0954. The number of hydrogen-bond acceptors (Lipinski definition) is 5. The van der Waals surface area contributed by atoms with Crippen LogP contribution in [0.5, 0.6) is 0 Å². The van der Waals surface area contributed by atoms with Crippen molar-refractivity contribution in [3.05, 3.63) is 36.2 Å². The molecule has 2 aromatic rings. The van der Waals surface area contributed by atoms with Crippen molar-refractivity contribution in [1.82, 2.24) is 25.1 Å². The number of nitrogens with one attached hydrogen (secondary N) is 2. The van der Waals surface area contributed by atoms with Gasteiger partial charge in [-0.25, -0.2) is 0 Å². The van der Waals surface area contributed by atoms with E-state index in [1.165, 1.54) is 0 Å². The van der Waals surface area contributed by atoms with Gasteiger partial charge in [0.1, 0.15) is 12.2 Å². The number of nitrogens with zero attached hydrogens (tertiary/aromatic N) is 4. The van der Waals surface area contributed by atoms with E-state index in [-0.39, 0.29) is 5.91 Å². The van der Waals surface area contributed by atoms with E-state index in [0.717, 1.165) is 5.82 Å². The Morgan fingerprint density at radius 1 is 1.47 bits per heavy atom. The molecule has 0 aromatic carbocycles. The van der Waals surface area contributed by atoms with Gasteiger partial charge in [-0.15, -0.1) is 10.2 Å². The highest BCUT2D eigenvalue weighted by molar-refractivity contribution is 5.99. The van der Waals surface area contributed by atoms with Crippen molar-refractivity contribution >= 4 is 11.6 Å². The van der Waals surface area contributed by atoms with Crippen molar-refractivity contribution in [2.75, 3.05) is 18.9 Å². The van der Waals surface area contributed by atoms with Crippen molar-refractivity contribution in [3.63, 3.8) is 0 Å². The lowest BCUT2D eigenvalue weighted by Crippen LogP contribution is -2.27. The predicted molar refractivity (Wildman–Crippen MR) is 70.8 cm³/mol. The Hall–Kier alpha value is -2.44. The molecule has 0 saturated carbocycles. The quantitative estimate of drug-likeness (QED) is 0.803. The van der Waals surface area contributed by atoms with Crippen LogP contribution in [0.2, 0.25) is 0 Å². The lowest BCUT2D eigenvalue weighted by atomic mass is 10.2. The van der Waals surface area contributed by atoms with Crippen LogP contribution in [0, 0.1) is 0 Å². The van der Waals surface area contributed by atoms with Crippen LogP contribution in [0.3, 0.4) is 0 Å². The van der Waals surface area contributed by atoms with Gasteiger partial charge >= 0.3 is 0 Å². The second-order valence-corrected chi connectivity index (χ2v) is 4.04. The fourth-order valence-corrected chi connectivity index (χ4v) is 1.71. The fraction of sp³-hybridized carbons (Fsp3) is 0.333. The number of anilines is 1. The van der Waals surface area contributed by atoms with Crippen LogP contribution in [-0.4, -0.2) is 39.2 Å². The second kappa shape index (κ2) is 5.94. The molecule has 0 radical (unpaired) electrons. The molecule has 2 rings (SSSR count). The number of amides is 1. The van der Waals surface area contributed by atoms with Gasteiger partial charge in [0.15, 0.2) is 0 Å². The lowest BCUT2D eigenvalue weighted by Gasteiger charge is -2.08. The molecule has 100 valence electrons. The molecule has 19 heavy (non-hydrogen) atoms. The average molecular weight is 260 g/mol. The molecule has 2 N–H and O–H groups in total. The minimum atomic E-state index is -0.131. The van der Waals surface area contributed by atoms with E-state index in [4.69, 9.17) is 0 Å². The molecule has 0 bridgehead atoms. The summed E-state index contributed by atoms with van der Waals surface area (Å²) in [4.78, 5) is 16.0. The van der Waals surface area contributed by atoms with E-state index in [0.29, 0.717) is 24.2 Å². The molecule has 0 saturated heterocycles. The largest absolute Gasteiger partial charge is 0.386 e. The molecule has 0 unspecified atom stereocenters. The highest BCUT2D eigenvalue weighted by Crippen LogP contribution is 2.11. The number of carbonyl (C=O) groups is 1. The van der Waals surface area contributed by atoms with Gasteiger partial charge in [0.2, 0.25) is 0 Å². The summed E-state index contributed by atoms with van der Waals surface area (Å²) in [6, 6.07) is 1.68. The monoisotopic (exact) mass is 260 g/mol. The van der Waals surface area contributed by atoms with Crippen LogP contribution in [0.15, 0.2) is 24.8 Å². The van der Waals surface area contributed by atoms with Gasteiger partial charge in [-0.3, -0.25) is 9.78 Å². The Bertz CT molecular complexity index is 565. The Labute approximate surface area is 111 Å². The van der Waals surface area contributed by atoms with E-state index in [2.05, 4.69) is 25.8 Å². The smallest absolute Gasteiger partial charge is 0.253 e. The maximum atomic E-state index is 12.0. The normalized spacial score (nSPS) is 10.2. The summed E-state index contributed by atoms with van der Waals surface area (Å²) in [7, 11) is 3.63. The topological polar surface area (TPSA) is 84.7 Å². The van der Waals surface area contributed by atoms with Gasteiger partial charge in [-0.1, -0.05) is 0 Å². The maximum absolute atomic E-state index is 12.0. The van der Waals surface area contributed by atoms with Gasteiger partial charge in [0, 0.05) is 33.3 Å². The SMILES string of the molecule is CNc1cnccc1C(=O)NCCc1nncn1C. The molecule has 0 atom stereocenters. The predicted octanol–water partition coefficient (Wildman–Crippen LogP) is 0.224. The molecule has 1 amide bonds. The Morgan fingerprint density at radius 2 is 2.32 bits per heavy atom. The number of pyridine rings is 1. The van der Waals surface area contributed by atoms with Crippen molar-refractivity contribution in [1.29, 1.82) is 0 Å². The molecule has 0 aliphatic heterocycles. The van der Waals surface area contributed by atoms with E-state index in [1.807, 2.05) is 11.6 Å². The van der Waals surface area contributed by atoms with E-state index in [9.17, 15) is 4.79 Å². The summed E-state index contributed by atoms with van der Waals surface area (Å²) >= 11 is 0. The number of hydrogen-bond donors (Lipinski definition) is 2. The fourth-order valence-electron chi connectivity index (χ4n) is 1.71. The molecular weight excluding hydrogens is 244 g/mol. The van der Waals surface area contributed by atoms with Crippen molar-refractivity contribution < 1.29 is 4.79 Å². The van der Waals surface area contributed by atoms with Crippen LogP contribution < -0.4 is 10.6 Å². The zero-order valence-corrected chi connectivity index (χ0v) is 10.9. The minimum Gasteiger partial charge on any atom is -0.386 e. The highest BCUT2D eigenvalue weighted by Gasteiger charge is 2.10. The van der Waals surface area contributed by atoms with E-state index >= 15 is 0 Å². The summed E-state index contributed by atoms with van der Waals surface area (Å²) in [6.45, 7) is 0.511. The standard InChI is InChI=1S/C12H16N6O/c1-13-10-7-14-5-3-9(10)12(19)15-6-4-11-17-16-8-18(11)2/h3,5,7-8,13H,4,6H2,1-2H3,(H,15,19). The summed E-state index contributed by atoms with van der Waals surface area (Å²) in [5.74, 6) is 0.706. The van der Waals surface area contributed by atoms with E-state index in [1.54, 1.807) is 31.8 Å². The first-order valence-corrected chi connectivity index (χ1v) is 5.95. The first-order valence-electron chi connectivity index (χ1n) is 5.95. The Morgan fingerprint density at radius 3 is 3.00 bits per heavy atom. The summed E-state index contributed by atoms with van der Waals surface area (Å²) in [5, 5.41) is 13.5. The molecule has 7 nitrogen and oxygen atoms in total. The third kappa shape index (κ3) is 3.06. The van der Waals surface area contributed by atoms with Crippen LogP contribution >= 0.6 is 0 Å². The summed E-state index contributed by atoms with van der Waals surface area (Å²) < 4.78 is 1.83. The molecule has 0 spiro atoms. The molecule has 2 aromatic heterocycles. The Kier molecular flexibility index (Phi) is 4.07. The van der Waals surface area contributed by atoms with Crippen molar-refractivity contribution in [2.24, 2.45) is 7.05 Å². The molecule has 7 heteroatoms. The van der Waals surface area contributed by atoms with Crippen LogP contribution in [0.25, 0.3) is 0 Å². The third-order valence-electron chi connectivity index (χ3n) is 2.77. The van der Waals surface area contributed by atoms with Gasteiger partial charge in [-0.2, -0.15) is 0 Å². The molecule has 0 aliphatic carbocycles. The number of rotatable bonds is 5. The summed E-state index contributed by atoms with van der Waals surface area (Å²) in [5.41, 5.74) is 1.29. The summed E-state index contributed by atoms with van der Waals surface area (Å²) in [6.07, 6.45) is 5.50. The molecular formula is C12H16N6O. The molecule has 0 aliphatic rings. The number of aromatic nitrogens is 4. The second-order valence-electron chi connectivity index (χ2n) is 4.04. The van der Waals surface area contributed by atoms with Crippen LogP contribution in [0.1, 0.15) is 16.2 Å². The van der Waals surface area contributed by atoms with Gasteiger partial charge in [-0.05, 0) is 6.07 Å². The molecule has 0 fully saturated rings. The average Bonchev–Trinajstić information content (AvgIpc) is 2.84. The number of aryl methyl sites for hydroxylation is 1. The zero-order valence-electron chi connectivity index (χ0n) is 10.9. The van der Waals surface area contributed by atoms with Crippen molar-refractivity contribution in [3.8, 4) is 0 Å². The van der Waals surface area contributed by atoms with Crippen molar-refractivity contribution in [2.45, 2.75) is 6.42 Å².